The molecule has 1 aromatic carbocycles. The molecule has 100 valence electrons. The molecule has 0 saturated heterocycles. The van der Waals surface area contributed by atoms with Gasteiger partial charge in [-0.1, -0.05) is 30.8 Å². The van der Waals surface area contributed by atoms with Gasteiger partial charge in [0.1, 0.15) is 10.8 Å². The Hall–Kier alpha value is -1.62. The van der Waals surface area contributed by atoms with Crippen molar-refractivity contribution < 1.29 is 4.39 Å². The summed E-state index contributed by atoms with van der Waals surface area (Å²) in [7, 11) is 0. The van der Waals surface area contributed by atoms with Crippen molar-refractivity contribution in [1.82, 2.24) is 9.97 Å². The van der Waals surface area contributed by atoms with E-state index >= 15 is 0 Å². The van der Waals surface area contributed by atoms with Crippen molar-refractivity contribution in [2.24, 2.45) is 0 Å². The van der Waals surface area contributed by atoms with Crippen molar-refractivity contribution in [3.63, 3.8) is 0 Å². The quantitative estimate of drug-likeness (QED) is 0.841. The van der Waals surface area contributed by atoms with Crippen LogP contribution in [0.1, 0.15) is 19.0 Å². The van der Waals surface area contributed by atoms with E-state index in [1.54, 1.807) is 12.1 Å². The summed E-state index contributed by atoms with van der Waals surface area (Å²) >= 11 is 1.31. The summed E-state index contributed by atoms with van der Waals surface area (Å²) < 4.78 is 13.6. The van der Waals surface area contributed by atoms with E-state index in [1.807, 2.05) is 19.1 Å². The molecule has 5 heteroatoms. The van der Waals surface area contributed by atoms with Crippen LogP contribution in [0.2, 0.25) is 0 Å². The van der Waals surface area contributed by atoms with Crippen molar-refractivity contribution in [2.45, 2.75) is 30.2 Å². The molecule has 2 aromatic rings. The molecule has 1 heterocycles. The fourth-order valence-corrected chi connectivity index (χ4v) is 2.45. The van der Waals surface area contributed by atoms with E-state index in [1.165, 1.54) is 17.8 Å². The number of anilines is 1. The van der Waals surface area contributed by atoms with Crippen LogP contribution in [0.15, 0.2) is 40.3 Å². The van der Waals surface area contributed by atoms with E-state index in [4.69, 9.17) is 0 Å². The summed E-state index contributed by atoms with van der Waals surface area (Å²) in [6.45, 7) is 4.81. The van der Waals surface area contributed by atoms with Gasteiger partial charge in [0.2, 0.25) is 5.95 Å². The highest BCUT2D eigenvalue weighted by Crippen LogP contribution is 2.28. The maximum Gasteiger partial charge on any atom is 0.223 e. The molecule has 0 unspecified atom stereocenters. The Morgan fingerprint density at radius 2 is 2.05 bits per heavy atom. The number of hydrogen-bond acceptors (Lipinski definition) is 4. The Kier molecular flexibility index (Phi) is 4.74. The van der Waals surface area contributed by atoms with Gasteiger partial charge in [-0.05, 0) is 31.5 Å². The van der Waals surface area contributed by atoms with Gasteiger partial charge in [0.05, 0.1) is 0 Å². The summed E-state index contributed by atoms with van der Waals surface area (Å²) in [6, 6.07) is 8.55. The van der Waals surface area contributed by atoms with E-state index in [2.05, 4.69) is 22.2 Å². The highest BCUT2D eigenvalue weighted by molar-refractivity contribution is 7.99. The van der Waals surface area contributed by atoms with Crippen LogP contribution >= 0.6 is 11.8 Å². The molecule has 0 spiro atoms. The molecule has 0 radical (unpaired) electrons. The molecular formula is C14H16FN3S. The SMILES string of the molecule is CCCNc1nc(C)cc(Sc2ccccc2F)n1. The lowest BCUT2D eigenvalue weighted by Crippen LogP contribution is -2.05. The minimum Gasteiger partial charge on any atom is -0.354 e. The topological polar surface area (TPSA) is 37.8 Å². The van der Waals surface area contributed by atoms with Crippen LogP contribution in [0.3, 0.4) is 0 Å². The monoisotopic (exact) mass is 277 g/mol. The number of rotatable bonds is 5. The largest absolute Gasteiger partial charge is 0.354 e. The first kappa shape index (κ1) is 13.8. The normalized spacial score (nSPS) is 10.5. The Bertz CT molecular complexity index is 560. The van der Waals surface area contributed by atoms with Gasteiger partial charge in [0, 0.05) is 17.1 Å². The minimum absolute atomic E-state index is 0.230. The van der Waals surface area contributed by atoms with Crippen LogP contribution in [-0.2, 0) is 0 Å². The van der Waals surface area contributed by atoms with Gasteiger partial charge < -0.3 is 5.32 Å². The predicted molar refractivity (Wildman–Crippen MR) is 76.1 cm³/mol. The summed E-state index contributed by atoms with van der Waals surface area (Å²) in [6.07, 6.45) is 1.01. The molecule has 1 N–H and O–H groups in total. The number of hydrogen-bond donors (Lipinski definition) is 1. The summed E-state index contributed by atoms with van der Waals surface area (Å²) in [5, 5.41) is 3.89. The van der Waals surface area contributed by atoms with Gasteiger partial charge >= 0.3 is 0 Å². The zero-order valence-corrected chi connectivity index (χ0v) is 11.8. The number of halogens is 1. The van der Waals surface area contributed by atoms with Crippen LogP contribution in [-0.4, -0.2) is 16.5 Å². The number of benzene rings is 1. The van der Waals surface area contributed by atoms with Crippen LogP contribution in [0, 0.1) is 12.7 Å². The lowest BCUT2D eigenvalue weighted by Gasteiger charge is -2.07. The van der Waals surface area contributed by atoms with Crippen LogP contribution in [0.5, 0.6) is 0 Å². The van der Waals surface area contributed by atoms with Crippen LogP contribution in [0.4, 0.5) is 10.3 Å². The van der Waals surface area contributed by atoms with Gasteiger partial charge in [-0.15, -0.1) is 0 Å². The predicted octanol–water partition coefficient (Wildman–Crippen LogP) is 3.90. The Balaban J connectivity index is 2.20. The molecular weight excluding hydrogens is 261 g/mol. The summed E-state index contributed by atoms with van der Waals surface area (Å²) in [5.74, 6) is 0.368. The Morgan fingerprint density at radius 3 is 2.79 bits per heavy atom. The third-order valence-corrected chi connectivity index (χ3v) is 3.38. The second-order valence-electron chi connectivity index (χ2n) is 4.13. The molecule has 0 amide bonds. The van der Waals surface area contributed by atoms with E-state index in [-0.39, 0.29) is 5.82 Å². The third-order valence-electron chi connectivity index (χ3n) is 2.42. The van der Waals surface area contributed by atoms with Crippen molar-refractivity contribution >= 4 is 17.7 Å². The standard InChI is InChI=1S/C14H16FN3S/c1-3-8-16-14-17-10(2)9-13(18-14)19-12-7-5-4-6-11(12)15/h4-7,9H,3,8H2,1-2H3,(H,16,17,18). The van der Waals surface area contributed by atoms with E-state index in [0.29, 0.717) is 10.8 Å². The van der Waals surface area contributed by atoms with Crippen LogP contribution < -0.4 is 5.32 Å². The molecule has 0 fully saturated rings. The van der Waals surface area contributed by atoms with Gasteiger partial charge in [-0.2, -0.15) is 0 Å². The average Bonchev–Trinajstić information content (AvgIpc) is 2.38. The molecule has 0 saturated carbocycles. The van der Waals surface area contributed by atoms with Gasteiger partial charge in [0.25, 0.3) is 0 Å². The Morgan fingerprint density at radius 1 is 1.26 bits per heavy atom. The van der Waals surface area contributed by atoms with Crippen molar-refractivity contribution in [2.75, 3.05) is 11.9 Å². The molecule has 0 atom stereocenters. The number of aromatic nitrogens is 2. The second kappa shape index (κ2) is 6.52. The lowest BCUT2D eigenvalue weighted by molar-refractivity contribution is 0.602. The molecule has 0 bridgehead atoms. The molecule has 1 aromatic heterocycles. The highest BCUT2D eigenvalue weighted by atomic mass is 32.2. The summed E-state index contributed by atoms with van der Waals surface area (Å²) in [4.78, 5) is 9.26. The molecule has 0 aliphatic heterocycles. The number of aryl methyl sites for hydroxylation is 1. The average molecular weight is 277 g/mol. The minimum atomic E-state index is -0.230. The van der Waals surface area contributed by atoms with Gasteiger partial charge in [-0.3, -0.25) is 0 Å². The third kappa shape index (κ3) is 3.92. The van der Waals surface area contributed by atoms with E-state index in [0.717, 1.165) is 23.7 Å². The summed E-state index contributed by atoms with van der Waals surface area (Å²) in [5.41, 5.74) is 0.868. The van der Waals surface area contributed by atoms with E-state index < -0.39 is 0 Å². The molecule has 2 rings (SSSR count). The fraction of sp³-hybridized carbons (Fsp3) is 0.286. The molecule has 0 aliphatic rings. The van der Waals surface area contributed by atoms with Gasteiger partial charge in [0.15, 0.2) is 0 Å². The zero-order chi connectivity index (χ0) is 13.7. The van der Waals surface area contributed by atoms with Crippen molar-refractivity contribution in [1.29, 1.82) is 0 Å². The van der Waals surface area contributed by atoms with Crippen molar-refractivity contribution in [3.05, 3.63) is 41.8 Å². The van der Waals surface area contributed by atoms with Crippen molar-refractivity contribution in [3.8, 4) is 0 Å². The molecule has 0 aliphatic carbocycles. The van der Waals surface area contributed by atoms with Gasteiger partial charge in [-0.25, -0.2) is 14.4 Å². The molecule has 3 nitrogen and oxygen atoms in total. The van der Waals surface area contributed by atoms with Crippen LogP contribution in [0.25, 0.3) is 0 Å². The maximum atomic E-state index is 13.6. The lowest BCUT2D eigenvalue weighted by atomic mass is 10.3. The number of nitrogens with one attached hydrogen (secondary N) is 1. The Labute approximate surface area is 116 Å². The highest BCUT2D eigenvalue weighted by Gasteiger charge is 2.07. The zero-order valence-electron chi connectivity index (χ0n) is 11.0. The smallest absolute Gasteiger partial charge is 0.223 e. The molecule has 19 heavy (non-hydrogen) atoms. The number of nitrogens with zero attached hydrogens (tertiary/aromatic N) is 2. The first-order valence-corrected chi connectivity index (χ1v) is 7.02. The maximum absolute atomic E-state index is 13.6. The van der Waals surface area contributed by atoms with E-state index in [9.17, 15) is 4.39 Å². The second-order valence-corrected chi connectivity index (χ2v) is 5.19. The first-order chi connectivity index (χ1) is 9.19. The fourth-order valence-electron chi connectivity index (χ4n) is 1.55. The first-order valence-electron chi connectivity index (χ1n) is 6.21.